The molecule has 1 aromatic rings. The van der Waals surface area contributed by atoms with Gasteiger partial charge in [-0.05, 0) is 38.3 Å². The van der Waals surface area contributed by atoms with E-state index in [1.807, 2.05) is 31.3 Å². The van der Waals surface area contributed by atoms with Gasteiger partial charge in [0.1, 0.15) is 5.75 Å². The highest BCUT2D eigenvalue weighted by Crippen LogP contribution is 2.13. The van der Waals surface area contributed by atoms with Crippen molar-refractivity contribution in [3.05, 3.63) is 42.1 Å². The molecule has 0 spiro atoms. The first-order valence-corrected chi connectivity index (χ1v) is 7.04. The van der Waals surface area contributed by atoms with E-state index in [9.17, 15) is 0 Å². The number of aryl methyl sites for hydroxylation is 1. The third kappa shape index (κ3) is 5.73. The lowest BCUT2D eigenvalue weighted by atomic mass is 10.0. The van der Waals surface area contributed by atoms with E-state index < -0.39 is 0 Å². The van der Waals surface area contributed by atoms with Crippen molar-refractivity contribution >= 4 is 5.71 Å². The van der Waals surface area contributed by atoms with Crippen LogP contribution >= 0.6 is 0 Å². The third-order valence-electron chi connectivity index (χ3n) is 3.22. The molecule has 0 saturated heterocycles. The van der Waals surface area contributed by atoms with Crippen molar-refractivity contribution in [2.45, 2.75) is 40.5 Å². The average molecular weight is 259 g/mol. The van der Waals surface area contributed by atoms with Gasteiger partial charge in [0, 0.05) is 18.3 Å². The van der Waals surface area contributed by atoms with Gasteiger partial charge >= 0.3 is 0 Å². The lowest BCUT2D eigenvalue weighted by Crippen LogP contribution is -2.14. The summed E-state index contributed by atoms with van der Waals surface area (Å²) >= 11 is 0. The molecule has 1 unspecified atom stereocenters. The van der Waals surface area contributed by atoms with Crippen LogP contribution in [-0.2, 0) is 0 Å². The van der Waals surface area contributed by atoms with E-state index >= 15 is 0 Å². The Labute approximate surface area is 117 Å². The highest BCUT2D eigenvalue weighted by Gasteiger charge is 2.08. The molecule has 0 aromatic heterocycles. The van der Waals surface area contributed by atoms with Crippen LogP contribution in [0.1, 0.15) is 39.2 Å². The molecule has 0 N–H and O–H groups in total. The zero-order chi connectivity index (χ0) is 14.1. The SMILES string of the molecule is C/C=C\N=C(CCOc1ccc(C)cc1)C(C)CC. The summed E-state index contributed by atoms with van der Waals surface area (Å²) in [5, 5.41) is 0. The maximum Gasteiger partial charge on any atom is 0.119 e. The molecule has 2 heteroatoms. The van der Waals surface area contributed by atoms with Crippen molar-refractivity contribution in [2.75, 3.05) is 6.61 Å². The van der Waals surface area contributed by atoms with Crippen molar-refractivity contribution in [2.24, 2.45) is 10.9 Å². The molecule has 0 aliphatic rings. The Hall–Kier alpha value is -1.57. The Morgan fingerprint density at radius 2 is 2.00 bits per heavy atom. The standard InChI is InChI=1S/C17H25NO/c1-5-12-18-17(15(4)6-2)11-13-19-16-9-7-14(3)8-10-16/h5,7-10,12,15H,6,11,13H2,1-4H3/b12-5-,18-17?. The molecule has 1 atom stereocenters. The second-order valence-electron chi connectivity index (χ2n) is 4.82. The van der Waals surface area contributed by atoms with Gasteiger partial charge in [0.05, 0.1) is 6.61 Å². The summed E-state index contributed by atoms with van der Waals surface area (Å²) in [6.45, 7) is 9.16. The van der Waals surface area contributed by atoms with Gasteiger partial charge < -0.3 is 4.74 Å². The maximum absolute atomic E-state index is 5.76. The first-order chi connectivity index (χ1) is 9.17. The normalized spacial score (nSPS) is 13.8. The molecule has 1 aromatic carbocycles. The van der Waals surface area contributed by atoms with Crippen LogP contribution < -0.4 is 4.74 Å². The summed E-state index contributed by atoms with van der Waals surface area (Å²) < 4.78 is 5.76. The van der Waals surface area contributed by atoms with Crippen molar-refractivity contribution in [3.8, 4) is 5.75 Å². The molecule has 0 amide bonds. The van der Waals surface area contributed by atoms with Crippen LogP contribution in [0.2, 0.25) is 0 Å². The van der Waals surface area contributed by atoms with E-state index in [1.165, 1.54) is 11.3 Å². The van der Waals surface area contributed by atoms with E-state index in [-0.39, 0.29) is 0 Å². The monoisotopic (exact) mass is 259 g/mol. The smallest absolute Gasteiger partial charge is 0.119 e. The van der Waals surface area contributed by atoms with Gasteiger partial charge in [0.25, 0.3) is 0 Å². The lowest BCUT2D eigenvalue weighted by molar-refractivity contribution is 0.327. The predicted octanol–water partition coefficient (Wildman–Crippen LogP) is 4.78. The molecular weight excluding hydrogens is 234 g/mol. The van der Waals surface area contributed by atoms with Crippen LogP contribution in [0.5, 0.6) is 5.75 Å². The zero-order valence-electron chi connectivity index (χ0n) is 12.5. The Kier molecular flexibility index (Phi) is 6.94. The van der Waals surface area contributed by atoms with E-state index in [4.69, 9.17) is 4.74 Å². The molecule has 19 heavy (non-hydrogen) atoms. The summed E-state index contributed by atoms with van der Waals surface area (Å²) in [5.74, 6) is 1.44. The molecule has 2 nitrogen and oxygen atoms in total. The summed E-state index contributed by atoms with van der Waals surface area (Å²) in [5.41, 5.74) is 2.47. The van der Waals surface area contributed by atoms with Gasteiger partial charge in [-0.15, -0.1) is 0 Å². The minimum Gasteiger partial charge on any atom is -0.493 e. The summed E-state index contributed by atoms with van der Waals surface area (Å²) in [6.07, 6.45) is 5.82. The highest BCUT2D eigenvalue weighted by molar-refractivity contribution is 5.87. The molecule has 0 bridgehead atoms. The number of hydrogen-bond acceptors (Lipinski definition) is 2. The second kappa shape index (κ2) is 8.52. The van der Waals surface area contributed by atoms with Crippen molar-refractivity contribution in [1.29, 1.82) is 0 Å². The van der Waals surface area contributed by atoms with Gasteiger partial charge in [0.15, 0.2) is 0 Å². The van der Waals surface area contributed by atoms with Gasteiger partial charge in [-0.3, -0.25) is 4.99 Å². The van der Waals surface area contributed by atoms with E-state index in [2.05, 4.69) is 37.9 Å². The molecule has 0 fully saturated rings. The zero-order valence-corrected chi connectivity index (χ0v) is 12.5. The topological polar surface area (TPSA) is 21.6 Å². The first-order valence-electron chi connectivity index (χ1n) is 7.04. The van der Waals surface area contributed by atoms with Crippen LogP contribution in [0.4, 0.5) is 0 Å². The number of ether oxygens (including phenoxy) is 1. The first kappa shape index (κ1) is 15.5. The number of nitrogens with zero attached hydrogens (tertiary/aromatic N) is 1. The van der Waals surface area contributed by atoms with Gasteiger partial charge in [-0.1, -0.05) is 37.6 Å². The third-order valence-corrected chi connectivity index (χ3v) is 3.22. The van der Waals surface area contributed by atoms with Crippen molar-refractivity contribution in [1.82, 2.24) is 0 Å². The van der Waals surface area contributed by atoms with Gasteiger partial charge in [0.2, 0.25) is 0 Å². The Balaban J connectivity index is 2.50. The summed E-state index contributed by atoms with van der Waals surface area (Å²) in [4.78, 5) is 4.51. The second-order valence-corrected chi connectivity index (χ2v) is 4.82. The molecule has 0 aliphatic carbocycles. The number of benzene rings is 1. The van der Waals surface area contributed by atoms with Gasteiger partial charge in [-0.25, -0.2) is 0 Å². The maximum atomic E-state index is 5.76. The fourth-order valence-corrected chi connectivity index (χ4v) is 1.75. The van der Waals surface area contributed by atoms with E-state index in [0.717, 1.165) is 18.6 Å². The molecule has 1 rings (SSSR count). The van der Waals surface area contributed by atoms with Crippen molar-refractivity contribution in [3.63, 3.8) is 0 Å². The molecule has 0 aliphatic heterocycles. The Morgan fingerprint density at radius 3 is 2.58 bits per heavy atom. The minimum absolute atomic E-state index is 0.512. The van der Waals surface area contributed by atoms with Crippen LogP contribution in [-0.4, -0.2) is 12.3 Å². The van der Waals surface area contributed by atoms with E-state index in [0.29, 0.717) is 12.5 Å². The fourth-order valence-electron chi connectivity index (χ4n) is 1.75. The Bertz CT molecular complexity index is 417. The summed E-state index contributed by atoms with van der Waals surface area (Å²) in [7, 11) is 0. The highest BCUT2D eigenvalue weighted by atomic mass is 16.5. The summed E-state index contributed by atoms with van der Waals surface area (Å²) in [6, 6.07) is 8.17. The number of aliphatic imine (C=N–C) groups is 1. The van der Waals surface area contributed by atoms with Gasteiger partial charge in [-0.2, -0.15) is 0 Å². The number of hydrogen-bond donors (Lipinski definition) is 0. The number of allylic oxidation sites excluding steroid dienone is 1. The van der Waals surface area contributed by atoms with Crippen LogP contribution in [0.25, 0.3) is 0 Å². The van der Waals surface area contributed by atoms with E-state index in [1.54, 1.807) is 0 Å². The molecule has 0 saturated carbocycles. The largest absolute Gasteiger partial charge is 0.493 e. The predicted molar refractivity (Wildman–Crippen MR) is 83.0 cm³/mol. The number of rotatable bonds is 7. The molecular formula is C17H25NO. The van der Waals surface area contributed by atoms with Crippen molar-refractivity contribution < 1.29 is 4.74 Å². The quantitative estimate of drug-likeness (QED) is 0.645. The minimum atomic E-state index is 0.512. The average Bonchev–Trinajstić information content (AvgIpc) is 2.43. The Morgan fingerprint density at radius 1 is 1.32 bits per heavy atom. The lowest BCUT2D eigenvalue weighted by Gasteiger charge is -2.13. The molecule has 0 radical (unpaired) electrons. The molecule has 104 valence electrons. The van der Waals surface area contributed by atoms with Crippen LogP contribution in [0, 0.1) is 12.8 Å². The van der Waals surface area contributed by atoms with Crippen LogP contribution in [0.15, 0.2) is 41.5 Å². The fraction of sp³-hybridized carbons (Fsp3) is 0.471. The van der Waals surface area contributed by atoms with Crippen LogP contribution in [0.3, 0.4) is 0 Å². The molecule has 0 heterocycles.